The highest BCUT2D eigenvalue weighted by atomic mass is 16.4. The molecule has 0 radical (unpaired) electrons. The first-order valence-electron chi connectivity index (χ1n) is 6.20. The predicted molar refractivity (Wildman–Crippen MR) is 66.5 cm³/mol. The van der Waals surface area contributed by atoms with Crippen LogP contribution in [0.2, 0.25) is 0 Å². The van der Waals surface area contributed by atoms with Gasteiger partial charge >= 0.3 is 5.97 Å². The summed E-state index contributed by atoms with van der Waals surface area (Å²) in [6.45, 7) is 4.11. The molecule has 17 heavy (non-hydrogen) atoms. The van der Waals surface area contributed by atoms with Crippen molar-refractivity contribution in [3.63, 3.8) is 0 Å². The minimum atomic E-state index is -0.894. The van der Waals surface area contributed by atoms with Crippen LogP contribution in [0.4, 0.5) is 0 Å². The van der Waals surface area contributed by atoms with E-state index >= 15 is 0 Å². The molecule has 0 aliphatic carbocycles. The van der Waals surface area contributed by atoms with Gasteiger partial charge in [-0.25, -0.2) is 0 Å². The Labute approximate surface area is 103 Å². The van der Waals surface area contributed by atoms with Crippen LogP contribution in [0.25, 0.3) is 0 Å². The fraction of sp³-hybridized carbons (Fsp3) is 0.833. The van der Waals surface area contributed by atoms with Crippen molar-refractivity contribution in [2.75, 3.05) is 6.54 Å². The van der Waals surface area contributed by atoms with Crippen LogP contribution in [0.1, 0.15) is 46.0 Å². The number of carbonyl (C=O) groups is 2. The van der Waals surface area contributed by atoms with Gasteiger partial charge in [0.15, 0.2) is 0 Å². The van der Waals surface area contributed by atoms with Gasteiger partial charge in [0.1, 0.15) is 0 Å². The van der Waals surface area contributed by atoms with Crippen LogP contribution in [0, 0.1) is 5.92 Å². The maximum atomic E-state index is 11.2. The van der Waals surface area contributed by atoms with Gasteiger partial charge in [0.2, 0.25) is 5.91 Å². The van der Waals surface area contributed by atoms with Crippen LogP contribution in [0.3, 0.4) is 0 Å². The number of carbonyl (C=O) groups excluding carboxylic acids is 1. The van der Waals surface area contributed by atoms with E-state index < -0.39 is 5.97 Å². The summed E-state index contributed by atoms with van der Waals surface area (Å²) < 4.78 is 0. The Morgan fingerprint density at radius 1 is 1.41 bits per heavy atom. The Kier molecular flexibility index (Phi) is 8.40. The Morgan fingerprint density at radius 3 is 2.53 bits per heavy atom. The molecule has 100 valence electrons. The molecule has 0 spiro atoms. The molecule has 0 fully saturated rings. The van der Waals surface area contributed by atoms with Crippen molar-refractivity contribution in [2.45, 2.75) is 52.0 Å². The maximum Gasteiger partial charge on any atom is 0.305 e. The molecule has 4 N–H and O–H groups in total. The third-order valence-electron chi connectivity index (χ3n) is 2.71. The Hall–Kier alpha value is -1.10. The molecule has 0 bridgehead atoms. The van der Waals surface area contributed by atoms with Gasteiger partial charge in [-0.15, -0.1) is 0 Å². The largest absolute Gasteiger partial charge is 0.481 e. The molecule has 0 aromatic heterocycles. The van der Waals surface area contributed by atoms with E-state index in [4.69, 9.17) is 10.8 Å². The summed E-state index contributed by atoms with van der Waals surface area (Å²) in [5.41, 5.74) is 5.20. The Bertz CT molecular complexity index is 244. The zero-order valence-electron chi connectivity index (χ0n) is 10.7. The first-order chi connectivity index (χ1) is 7.99. The van der Waals surface area contributed by atoms with E-state index in [1.807, 2.05) is 0 Å². The van der Waals surface area contributed by atoms with Gasteiger partial charge in [0.25, 0.3) is 0 Å². The maximum absolute atomic E-state index is 11.2. The molecule has 0 aromatic carbocycles. The lowest BCUT2D eigenvalue weighted by molar-refractivity contribution is -0.137. The van der Waals surface area contributed by atoms with Crippen molar-refractivity contribution in [3.8, 4) is 0 Å². The molecule has 0 aliphatic heterocycles. The highest BCUT2D eigenvalue weighted by Crippen LogP contribution is 2.15. The number of hydrogen-bond acceptors (Lipinski definition) is 3. The number of aliphatic carboxylic acids is 1. The summed E-state index contributed by atoms with van der Waals surface area (Å²) in [5.74, 6) is -0.772. The second-order valence-electron chi connectivity index (χ2n) is 4.55. The van der Waals surface area contributed by atoms with Crippen LogP contribution in [0.15, 0.2) is 0 Å². The molecule has 2 atom stereocenters. The monoisotopic (exact) mass is 244 g/mol. The lowest BCUT2D eigenvalue weighted by atomic mass is 9.94. The number of carboxylic acids is 1. The molecule has 0 rings (SSSR count). The van der Waals surface area contributed by atoms with Gasteiger partial charge in [0.05, 0.1) is 13.0 Å². The molecule has 0 aliphatic rings. The second-order valence-corrected chi connectivity index (χ2v) is 4.55. The van der Waals surface area contributed by atoms with Crippen LogP contribution < -0.4 is 11.1 Å². The summed E-state index contributed by atoms with van der Waals surface area (Å²) in [7, 11) is 0. The highest BCUT2D eigenvalue weighted by molar-refractivity contribution is 5.79. The van der Waals surface area contributed by atoms with E-state index in [2.05, 4.69) is 19.2 Å². The van der Waals surface area contributed by atoms with Gasteiger partial charge in [-0.1, -0.05) is 33.1 Å². The third-order valence-corrected chi connectivity index (χ3v) is 2.71. The first-order valence-corrected chi connectivity index (χ1v) is 6.20. The van der Waals surface area contributed by atoms with E-state index in [0.29, 0.717) is 12.3 Å². The third kappa shape index (κ3) is 8.68. The summed E-state index contributed by atoms with van der Waals surface area (Å²) in [6.07, 6.45) is 3.97. The van der Waals surface area contributed by atoms with Gasteiger partial charge in [-0.05, 0) is 12.3 Å². The number of hydrogen-bond donors (Lipinski definition) is 3. The molecular formula is C12H24N2O3. The van der Waals surface area contributed by atoms with Gasteiger partial charge in [-0.2, -0.15) is 0 Å². The number of nitrogens with two attached hydrogens (primary N) is 1. The van der Waals surface area contributed by atoms with Crippen LogP contribution in [0.5, 0.6) is 0 Å². The minimum Gasteiger partial charge on any atom is -0.481 e. The van der Waals surface area contributed by atoms with Crippen molar-refractivity contribution in [2.24, 2.45) is 11.7 Å². The van der Waals surface area contributed by atoms with Crippen LogP contribution in [-0.2, 0) is 9.59 Å². The fourth-order valence-electron chi connectivity index (χ4n) is 1.85. The van der Waals surface area contributed by atoms with Crippen LogP contribution in [-0.4, -0.2) is 29.6 Å². The number of nitrogens with one attached hydrogen (secondary N) is 1. The summed E-state index contributed by atoms with van der Waals surface area (Å²) in [6, 6.07) is -0.310. The highest BCUT2D eigenvalue weighted by Gasteiger charge is 2.18. The first kappa shape index (κ1) is 15.9. The molecular weight excluding hydrogens is 220 g/mol. The zero-order chi connectivity index (χ0) is 13.3. The SMILES string of the molecule is CCCC[C@@H](C)C[C@@H](CC(=O)O)NC(=O)CN. The quantitative estimate of drug-likeness (QED) is 0.566. The van der Waals surface area contributed by atoms with Crippen molar-refractivity contribution in [1.29, 1.82) is 0 Å². The van der Waals surface area contributed by atoms with Crippen molar-refractivity contribution in [1.82, 2.24) is 5.32 Å². The molecule has 0 aromatic rings. The van der Waals surface area contributed by atoms with Gasteiger partial charge in [0, 0.05) is 6.04 Å². The Morgan fingerprint density at radius 2 is 2.06 bits per heavy atom. The molecule has 0 saturated carbocycles. The van der Waals surface area contributed by atoms with E-state index in [9.17, 15) is 9.59 Å². The zero-order valence-corrected chi connectivity index (χ0v) is 10.7. The lowest BCUT2D eigenvalue weighted by Gasteiger charge is -2.20. The van der Waals surface area contributed by atoms with Crippen molar-refractivity contribution >= 4 is 11.9 Å². The van der Waals surface area contributed by atoms with E-state index in [1.54, 1.807) is 0 Å². The normalized spacial score (nSPS) is 14.1. The smallest absolute Gasteiger partial charge is 0.305 e. The molecule has 5 heteroatoms. The molecule has 1 amide bonds. The molecule has 5 nitrogen and oxygen atoms in total. The number of amides is 1. The summed E-state index contributed by atoms with van der Waals surface area (Å²) in [5, 5.41) is 11.4. The predicted octanol–water partition coefficient (Wildman–Crippen LogP) is 1.12. The van der Waals surface area contributed by atoms with E-state index in [0.717, 1.165) is 19.3 Å². The van der Waals surface area contributed by atoms with Gasteiger partial charge < -0.3 is 16.2 Å². The van der Waals surface area contributed by atoms with Crippen molar-refractivity contribution < 1.29 is 14.7 Å². The standard InChI is InChI=1S/C12H24N2O3/c1-3-4-5-9(2)6-10(7-12(16)17)14-11(15)8-13/h9-10H,3-8,13H2,1-2H3,(H,14,15)(H,16,17)/t9-,10+/m1/s1. The number of carboxylic acid groups (broad SMARTS) is 1. The molecule has 0 heterocycles. The topological polar surface area (TPSA) is 92.4 Å². The molecule has 0 unspecified atom stereocenters. The average Bonchev–Trinajstić information content (AvgIpc) is 2.25. The van der Waals surface area contributed by atoms with Crippen LogP contribution >= 0.6 is 0 Å². The van der Waals surface area contributed by atoms with E-state index in [-0.39, 0.29) is 24.9 Å². The minimum absolute atomic E-state index is 0.0395. The van der Waals surface area contributed by atoms with E-state index in [1.165, 1.54) is 0 Å². The Balaban J connectivity index is 4.17. The fourth-order valence-corrected chi connectivity index (χ4v) is 1.85. The number of rotatable bonds is 9. The number of unbranched alkanes of at least 4 members (excludes halogenated alkanes) is 1. The summed E-state index contributed by atoms with van der Waals surface area (Å²) >= 11 is 0. The average molecular weight is 244 g/mol. The lowest BCUT2D eigenvalue weighted by Crippen LogP contribution is -2.40. The second kappa shape index (κ2) is 8.98. The molecule has 0 saturated heterocycles. The summed E-state index contributed by atoms with van der Waals surface area (Å²) in [4.78, 5) is 21.9. The van der Waals surface area contributed by atoms with Crippen molar-refractivity contribution in [3.05, 3.63) is 0 Å². The van der Waals surface area contributed by atoms with Gasteiger partial charge in [-0.3, -0.25) is 9.59 Å².